The zero-order valence-corrected chi connectivity index (χ0v) is 33.7. The van der Waals surface area contributed by atoms with Crippen molar-refractivity contribution in [3.05, 3.63) is 223 Å². The first-order valence-corrected chi connectivity index (χ1v) is 20.5. The van der Waals surface area contributed by atoms with Crippen molar-refractivity contribution in [3.63, 3.8) is 0 Å². The van der Waals surface area contributed by atoms with Gasteiger partial charge in [0.1, 0.15) is 0 Å². The van der Waals surface area contributed by atoms with Gasteiger partial charge in [-0.15, -0.1) is 0 Å². The summed E-state index contributed by atoms with van der Waals surface area (Å²) in [5.41, 5.74) is 16.7. The maximum absolute atomic E-state index is 2.45. The van der Waals surface area contributed by atoms with Crippen LogP contribution in [0.25, 0.3) is 38.6 Å². The van der Waals surface area contributed by atoms with Gasteiger partial charge in [-0.25, -0.2) is 0 Å². The average molecular weight is 749 g/mol. The third kappa shape index (κ3) is 6.82. The van der Waals surface area contributed by atoms with Crippen LogP contribution >= 0.6 is 0 Å². The first-order chi connectivity index (χ1) is 28.4. The highest BCUT2D eigenvalue weighted by Crippen LogP contribution is 2.53. The second kappa shape index (κ2) is 15.6. The van der Waals surface area contributed by atoms with E-state index in [0.29, 0.717) is 0 Å². The lowest BCUT2D eigenvalue weighted by atomic mass is 9.73. The molecule has 282 valence electrons. The molecule has 1 aliphatic rings. The van der Waals surface area contributed by atoms with E-state index < -0.39 is 0 Å². The van der Waals surface area contributed by atoms with Gasteiger partial charge >= 0.3 is 0 Å². The van der Waals surface area contributed by atoms with Crippen molar-refractivity contribution in [2.45, 2.75) is 39.5 Å². The molecule has 58 heavy (non-hydrogen) atoms. The van der Waals surface area contributed by atoms with Gasteiger partial charge in [0, 0.05) is 28.2 Å². The smallest absolute Gasteiger partial charge is 0.0503 e. The van der Waals surface area contributed by atoms with Gasteiger partial charge < -0.3 is 9.80 Å². The molecule has 0 spiro atoms. The fraction of sp³-hybridized carbons (Fsp3) is 0.107. The highest BCUT2D eigenvalue weighted by atomic mass is 15.2. The van der Waals surface area contributed by atoms with Crippen molar-refractivity contribution in [3.8, 4) is 22.3 Å². The molecule has 8 aromatic carbocycles. The van der Waals surface area contributed by atoms with Gasteiger partial charge in [-0.1, -0.05) is 160 Å². The summed E-state index contributed by atoms with van der Waals surface area (Å²) in [5.74, 6) is 0. The Bertz CT molecular complexity index is 2770. The van der Waals surface area contributed by atoms with Crippen molar-refractivity contribution in [1.29, 1.82) is 0 Å². The summed E-state index contributed by atoms with van der Waals surface area (Å²) in [7, 11) is 0. The molecule has 0 unspecified atom stereocenters. The summed E-state index contributed by atoms with van der Waals surface area (Å²) in [6, 6.07) is 68.9. The summed E-state index contributed by atoms with van der Waals surface area (Å²) in [6.07, 6.45) is 7.58. The fourth-order valence-electron chi connectivity index (χ4n) is 8.65. The van der Waals surface area contributed by atoms with Gasteiger partial charge in [-0.3, -0.25) is 0 Å². The van der Waals surface area contributed by atoms with E-state index in [-0.39, 0.29) is 5.41 Å². The third-order valence-corrected chi connectivity index (χ3v) is 11.6. The molecule has 1 heterocycles. The largest absolute Gasteiger partial charge is 0.311 e. The predicted octanol–water partition coefficient (Wildman–Crippen LogP) is 16.1. The van der Waals surface area contributed by atoms with Crippen LogP contribution in [0, 0.1) is 0 Å². The van der Waals surface area contributed by atoms with Gasteiger partial charge in [-0.05, 0) is 135 Å². The second-order valence-corrected chi connectivity index (χ2v) is 15.7. The third-order valence-electron chi connectivity index (χ3n) is 11.6. The fourth-order valence-corrected chi connectivity index (χ4v) is 8.65. The molecular formula is C56H48N2. The van der Waals surface area contributed by atoms with E-state index in [9.17, 15) is 0 Å². The van der Waals surface area contributed by atoms with Gasteiger partial charge in [0.2, 0.25) is 0 Å². The van der Waals surface area contributed by atoms with Crippen LogP contribution in [0.1, 0.15) is 50.8 Å². The Balaban J connectivity index is 1.10. The van der Waals surface area contributed by atoms with Gasteiger partial charge in [0.25, 0.3) is 0 Å². The summed E-state index contributed by atoms with van der Waals surface area (Å²) in [4.78, 5) is 4.80. The minimum Gasteiger partial charge on any atom is -0.311 e. The van der Waals surface area contributed by atoms with E-state index in [1.807, 2.05) is 0 Å². The molecule has 2 nitrogen and oxygen atoms in total. The van der Waals surface area contributed by atoms with Crippen LogP contribution < -0.4 is 9.80 Å². The zero-order chi connectivity index (χ0) is 39.6. The topological polar surface area (TPSA) is 6.48 Å². The molecular weight excluding hydrogens is 701 g/mol. The van der Waals surface area contributed by atoms with Crippen molar-refractivity contribution in [2.24, 2.45) is 0 Å². The Kier molecular flexibility index (Phi) is 9.85. The highest BCUT2D eigenvalue weighted by Gasteiger charge is 2.37. The number of benzene rings is 8. The van der Waals surface area contributed by atoms with E-state index in [2.05, 4.69) is 244 Å². The summed E-state index contributed by atoms with van der Waals surface area (Å²) in [5, 5.41) is 2.49. The average Bonchev–Trinajstić information content (AvgIpc) is 3.27. The predicted molar refractivity (Wildman–Crippen MR) is 249 cm³/mol. The quantitative estimate of drug-likeness (QED) is 0.136. The molecule has 0 radical (unpaired) electrons. The molecule has 0 amide bonds. The lowest BCUT2D eigenvalue weighted by Gasteiger charge is -2.42. The van der Waals surface area contributed by atoms with Crippen LogP contribution in [0.15, 0.2) is 206 Å². The van der Waals surface area contributed by atoms with Crippen molar-refractivity contribution in [2.75, 3.05) is 9.80 Å². The molecule has 0 aliphatic carbocycles. The number of nitrogens with zero attached hydrogens (tertiary/aromatic N) is 2. The first kappa shape index (κ1) is 36.7. The lowest BCUT2D eigenvalue weighted by Crippen LogP contribution is -2.30. The minimum atomic E-state index is -0.191. The normalized spacial score (nSPS) is 13.4. The van der Waals surface area contributed by atoms with Gasteiger partial charge in [-0.2, -0.15) is 0 Å². The van der Waals surface area contributed by atoms with E-state index in [0.717, 1.165) is 23.5 Å². The molecule has 0 fully saturated rings. The van der Waals surface area contributed by atoms with Gasteiger partial charge in [0.05, 0.1) is 11.4 Å². The Morgan fingerprint density at radius 3 is 1.74 bits per heavy atom. The molecule has 0 aromatic heterocycles. The van der Waals surface area contributed by atoms with Crippen molar-refractivity contribution in [1.82, 2.24) is 0 Å². The molecule has 0 saturated carbocycles. The molecule has 0 N–H and O–H groups in total. The van der Waals surface area contributed by atoms with Crippen LogP contribution in [0.5, 0.6) is 0 Å². The Labute approximate surface area is 343 Å². The lowest BCUT2D eigenvalue weighted by molar-refractivity contribution is 0.632. The van der Waals surface area contributed by atoms with E-state index in [4.69, 9.17) is 0 Å². The van der Waals surface area contributed by atoms with Crippen LogP contribution in [-0.4, -0.2) is 0 Å². The molecule has 2 heteroatoms. The van der Waals surface area contributed by atoms with Crippen LogP contribution in [-0.2, 0) is 5.41 Å². The zero-order valence-electron chi connectivity index (χ0n) is 33.7. The standard InChI is InChI=1S/C56H48N2/c1-5-14-40(15-6-2)43-22-30-48(31-23-43)57(49-32-24-44(25-33-49)41-16-8-7-9-17-41)50-34-26-45(27-35-50)47-29-37-55-53(39-47)56(3,4)52-20-12-13-21-54(52)58(55)51-36-28-42-18-10-11-19-46(42)38-51/h5,7-39H,6H2,1-4H3/b14-5-,40-15+. The number of fused-ring (bicyclic) bond motifs is 3. The van der Waals surface area contributed by atoms with Crippen LogP contribution in [0.2, 0.25) is 0 Å². The summed E-state index contributed by atoms with van der Waals surface area (Å²) in [6.45, 7) is 8.99. The molecule has 8 aromatic rings. The number of para-hydroxylation sites is 1. The maximum Gasteiger partial charge on any atom is 0.0503 e. The summed E-state index contributed by atoms with van der Waals surface area (Å²) < 4.78 is 0. The Hall–Kier alpha value is -6.90. The SMILES string of the molecule is C/C=C\C(=C/CC)c1ccc(N(c2ccc(-c3ccccc3)cc2)c2ccc(-c3ccc4c(c3)C(C)(C)c3ccccc3N4c3ccc4ccccc4c3)cc2)cc1. The van der Waals surface area contributed by atoms with E-state index in [1.165, 1.54) is 72.4 Å². The van der Waals surface area contributed by atoms with Crippen molar-refractivity contribution < 1.29 is 0 Å². The van der Waals surface area contributed by atoms with Crippen LogP contribution in [0.4, 0.5) is 34.1 Å². The monoisotopic (exact) mass is 748 g/mol. The second-order valence-electron chi connectivity index (χ2n) is 15.7. The van der Waals surface area contributed by atoms with E-state index in [1.54, 1.807) is 0 Å². The molecule has 9 rings (SSSR count). The van der Waals surface area contributed by atoms with E-state index >= 15 is 0 Å². The van der Waals surface area contributed by atoms with Gasteiger partial charge in [0.15, 0.2) is 0 Å². The molecule has 1 aliphatic heterocycles. The minimum absolute atomic E-state index is 0.191. The molecule has 0 saturated heterocycles. The first-order valence-electron chi connectivity index (χ1n) is 20.5. The molecule has 0 bridgehead atoms. The van der Waals surface area contributed by atoms with Crippen LogP contribution in [0.3, 0.4) is 0 Å². The number of hydrogen-bond acceptors (Lipinski definition) is 2. The number of anilines is 6. The number of allylic oxidation sites excluding steroid dienone is 4. The highest BCUT2D eigenvalue weighted by molar-refractivity contribution is 5.93. The molecule has 0 atom stereocenters. The number of rotatable bonds is 9. The Morgan fingerprint density at radius 2 is 1.07 bits per heavy atom. The number of hydrogen-bond donors (Lipinski definition) is 0. The van der Waals surface area contributed by atoms with Crippen molar-refractivity contribution >= 4 is 50.5 Å². The summed E-state index contributed by atoms with van der Waals surface area (Å²) >= 11 is 0. The Morgan fingerprint density at radius 1 is 0.517 bits per heavy atom. The maximum atomic E-state index is 2.45.